The van der Waals surface area contributed by atoms with Crippen molar-refractivity contribution in [2.45, 2.75) is 32.0 Å². The zero-order valence-corrected chi connectivity index (χ0v) is 14.0. The third-order valence-corrected chi connectivity index (χ3v) is 4.60. The highest BCUT2D eigenvalue weighted by atomic mass is 16.5. The molecule has 3 heterocycles. The highest BCUT2D eigenvalue weighted by Crippen LogP contribution is 2.24. The Morgan fingerprint density at radius 2 is 2.14 bits per heavy atom. The van der Waals surface area contributed by atoms with Crippen molar-refractivity contribution >= 4 is 0 Å². The minimum Gasteiger partial charge on any atom is -0.377 e. The lowest BCUT2D eigenvalue weighted by molar-refractivity contribution is -0.144. The molecule has 124 valence electrons. The molecular weight excluding hydrogens is 280 g/mol. The van der Waals surface area contributed by atoms with Gasteiger partial charge in [0.1, 0.15) is 5.60 Å². The quantitative estimate of drug-likeness (QED) is 0.824. The monoisotopic (exact) mass is 308 g/mol. The smallest absolute Gasteiger partial charge is 0.117 e. The molecule has 2 aliphatic heterocycles. The van der Waals surface area contributed by atoms with Crippen LogP contribution in [0, 0.1) is 0 Å². The molecule has 0 radical (unpaired) electrons. The second-order valence-electron chi connectivity index (χ2n) is 6.88. The Bertz CT molecular complexity index is 490. The molecule has 1 spiro atoms. The Kier molecular flexibility index (Phi) is 4.82. The molecule has 0 saturated carbocycles. The van der Waals surface area contributed by atoms with Crippen molar-refractivity contribution in [2.24, 2.45) is 7.05 Å². The summed E-state index contributed by atoms with van der Waals surface area (Å²) in [4.78, 5) is 4.94. The van der Waals surface area contributed by atoms with E-state index >= 15 is 0 Å². The standard InChI is InChI=1S/C16H28N4O2/c1-14(2)20-5-6-21-13-16(12-20)11-19(4-7-22-16)10-15-8-17-18(3)9-15/h8-9,14H,4-7,10-13H2,1-3H3/t16-/m0/s1. The normalized spacial score (nSPS) is 28.4. The first-order valence-electron chi connectivity index (χ1n) is 8.22. The predicted octanol–water partition coefficient (Wildman–Crippen LogP) is 0.732. The van der Waals surface area contributed by atoms with Gasteiger partial charge in [0, 0.05) is 57.6 Å². The van der Waals surface area contributed by atoms with Crippen LogP contribution in [0.5, 0.6) is 0 Å². The molecule has 22 heavy (non-hydrogen) atoms. The molecule has 2 saturated heterocycles. The van der Waals surface area contributed by atoms with Crippen LogP contribution in [-0.2, 0) is 23.1 Å². The zero-order chi connectivity index (χ0) is 15.6. The van der Waals surface area contributed by atoms with E-state index in [1.807, 2.05) is 17.9 Å². The van der Waals surface area contributed by atoms with E-state index < -0.39 is 0 Å². The molecule has 6 heteroatoms. The maximum Gasteiger partial charge on any atom is 0.117 e. The van der Waals surface area contributed by atoms with Gasteiger partial charge in [0.05, 0.1) is 26.0 Å². The van der Waals surface area contributed by atoms with Crippen LogP contribution in [0.3, 0.4) is 0 Å². The molecule has 6 nitrogen and oxygen atoms in total. The minimum absolute atomic E-state index is 0.193. The first-order valence-corrected chi connectivity index (χ1v) is 8.22. The van der Waals surface area contributed by atoms with Crippen LogP contribution in [0.1, 0.15) is 19.4 Å². The third-order valence-electron chi connectivity index (χ3n) is 4.60. The lowest BCUT2D eigenvalue weighted by Crippen LogP contribution is -2.59. The average Bonchev–Trinajstić information content (AvgIpc) is 2.76. The number of nitrogens with zero attached hydrogens (tertiary/aromatic N) is 4. The van der Waals surface area contributed by atoms with Crippen LogP contribution in [-0.4, -0.2) is 77.2 Å². The van der Waals surface area contributed by atoms with Crippen molar-refractivity contribution in [1.29, 1.82) is 0 Å². The fourth-order valence-electron chi connectivity index (χ4n) is 3.43. The lowest BCUT2D eigenvalue weighted by Gasteiger charge is -2.44. The predicted molar refractivity (Wildman–Crippen MR) is 84.7 cm³/mol. The molecule has 0 unspecified atom stereocenters. The molecule has 1 aromatic rings. The van der Waals surface area contributed by atoms with E-state index in [2.05, 4.69) is 34.9 Å². The molecule has 0 aromatic carbocycles. The first kappa shape index (κ1) is 15.9. The number of hydrogen-bond acceptors (Lipinski definition) is 5. The summed E-state index contributed by atoms with van der Waals surface area (Å²) in [5, 5.41) is 4.26. The van der Waals surface area contributed by atoms with Crippen molar-refractivity contribution < 1.29 is 9.47 Å². The second-order valence-corrected chi connectivity index (χ2v) is 6.88. The maximum atomic E-state index is 6.21. The van der Waals surface area contributed by atoms with Crippen molar-refractivity contribution in [1.82, 2.24) is 19.6 Å². The van der Waals surface area contributed by atoms with E-state index in [0.717, 1.165) is 45.9 Å². The molecule has 2 aliphatic rings. The fourth-order valence-corrected chi connectivity index (χ4v) is 3.43. The van der Waals surface area contributed by atoms with Crippen LogP contribution in [0.4, 0.5) is 0 Å². The highest BCUT2D eigenvalue weighted by Gasteiger charge is 2.40. The van der Waals surface area contributed by atoms with Crippen molar-refractivity contribution in [2.75, 3.05) is 46.0 Å². The topological polar surface area (TPSA) is 42.8 Å². The Morgan fingerprint density at radius 1 is 1.27 bits per heavy atom. The summed E-state index contributed by atoms with van der Waals surface area (Å²) in [7, 11) is 1.96. The maximum absolute atomic E-state index is 6.21. The third kappa shape index (κ3) is 3.68. The second kappa shape index (κ2) is 6.66. The molecule has 0 amide bonds. The van der Waals surface area contributed by atoms with Gasteiger partial charge in [-0.3, -0.25) is 14.5 Å². The van der Waals surface area contributed by atoms with E-state index in [4.69, 9.17) is 9.47 Å². The van der Waals surface area contributed by atoms with Gasteiger partial charge >= 0.3 is 0 Å². The van der Waals surface area contributed by atoms with E-state index in [1.54, 1.807) is 0 Å². The Balaban J connectivity index is 1.67. The van der Waals surface area contributed by atoms with Gasteiger partial charge in [-0.25, -0.2) is 0 Å². The van der Waals surface area contributed by atoms with Crippen molar-refractivity contribution in [3.63, 3.8) is 0 Å². The van der Waals surface area contributed by atoms with E-state index in [-0.39, 0.29) is 5.60 Å². The number of aryl methyl sites for hydroxylation is 1. The number of hydrogen-bond donors (Lipinski definition) is 0. The van der Waals surface area contributed by atoms with E-state index in [9.17, 15) is 0 Å². The Morgan fingerprint density at radius 3 is 2.86 bits per heavy atom. The van der Waals surface area contributed by atoms with Crippen LogP contribution < -0.4 is 0 Å². The molecule has 0 N–H and O–H groups in total. The summed E-state index contributed by atoms with van der Waals surface area (Å²) in [5.41, 5.74) is 1.07. The minimum atomic E-state index is -0.193. The SMILES string of the molecule is CC(C)N1CCOC[C@]2(CN(Cc3cnn(C)c3)CCO2)C1. The summed E-state index contributed by atoms with van der Waals surface area (Å²) >= 11 is 0. The molecule has 2 fully saturated rings. The van der Waals surface area contributed by atoms with Crippen LogP contribution >= 0.6 is 0 Å². The van der Waals surface area contributed by atoms with E-state index in [1.165, 1.54) is 5.56 Å². The summed E-state index contributed by atoms with van der Waals surface area (Å²) in [5.74, 6) is 0. The average molecular weight is 308 g/mol. The summed E-state index contributed by atoms with van der Waals surface area (Å²) in [6.45, 7) is 11.5. The van der Waals surface area contributed by atoms with Gasteiger partial charge in [0.15, 0.2) is 0 Å². The van der Waals surface area contributed by atoms with Gasteiger partial charge < -0.3 is 9.47 Å². The zero-order valence-electron chi connectivity index (χ0n) is 14.0. The number of aromatic nitrogens is 2. The number of morpholine rings is 1. The van der Waals surface area contributed by atoms with E-state index in [0.29, 0.717) is 12.6 Å². The molecule has 1 atom stereocenters. The van der Waals surface area contributed by atoms with Gasteiger partial charge in [0.2, 0.25) is 0 Å². The van der Waals surface area contributed by atoms with Gasteiger partial charge in [0.25, 0.3) is 0 Å². The first-order chi connectivity index (χ1) is 10.6. The van der Waals surface area contributed by atoms with Gasteiger partial charge in [-0.1, -0.05) is 0 Å². The Hall–Kier alpha value is -0.950. The summed E-state index contributed by atoms with van der Waals surface area (Å²) < 4.78 is 13.9. The summed E-state index contributed by atoms with van der Waals surface area (Å²) in [6, 6.07) is 0.524. The number of rotatable bonds is 3. The fraction of sp³-hybridized carbons (Fsp3) is 0.812. The largest absolute Gasteiger partial charge is 0.377 e. The highest BCUT2D eigenvalue weighted by molar-refractivity contribution is 5.04. The molecule has 3 rings (SSSR count). The lowest BCUT2D eigenvalue weighted by atomic mass is 10.0. The summed E-state index contributed by atoms with van der Waals surface area (Å²) in [6.07, 6.45) is 4.04. The Labute approximate surface area is 133 Å². The molecule has 0 aliphatic carbocycles. The van der Waals surface area contributed by atoms with Gasteiger partial charge in [-0.05, 0) is 13.8 Å². The van der Waals surface area contributed by atoms with Crippen molar-refractivity contribution in [3.05, 3.63) is 18.0 Å². The van der Waals surface area contributed by atoms with Gasteiger partial charge in [-0.2, -0.15) is 5.10 Å². The van der Waals surface area contributed by atoms with Gasteiger partial charge in [-0.15, -0.1) is 0 Å². The van der Waals surface area contributed by atoms with Crippen molar-refractivity contribution in [3.8, 4) is 0 Å². The van der Waals surface area contributed by atoms with Crippen LogP contribution in [0.15, 0.2) is 12.4 Å². The molecular formula is C16H28N4O2. The molecule has 1 aromatic heterocycles. The van der Waals surface area contributed by atoms with Crippen LogP contribution in [0.2, 0.25) is 0 Å². The van der Waals surface area contributed by atoms with Crippen LogP contribution in [0.25, 0.3) is 0 Å². The number of ether oxygens (including phenoxy) is 2. The molecule has 0 bridgehead atoms.